The molecular weight excluding hydrogens is 118 g/mol. The summed E-state index contributed by atoms with van der Waals surface area (Å²) >= 11 is 0. The Morgan fingerprint density at radius 3 is 3.00 bits per heavy atom. The maximum absolute atomic E-state index is 9.96. The fourth-order valence-electron chi connectivity index (χ4n) is 0.303. The molecule has 52 valence electrons. The molecule has 0 aliphatic carbocycles. The lowest BCUT2D eigenvalue weighted by atomic mass is 10.4. The highest BCUT2D eigenvalue weighted by atomic mass is 16.2. The highest BCUT2D eigenvalue weighted by molar-refractivity contribution is 5.72. The summed E-state index contributed by atoms with van der Waals surface area (Å²) in [6, 6.07) is -0.623. The lowest BCUT2D eigenvalue weighted by Crippen LogP contribution is -2.24. The molecule has 0 fully saturated rings. The first-order valence-corrected chi connectivity index (χ1v) is 2.84. The van der Waals surface area contributed by atoms with Crippen LogP contribution in [0.25, 0.3) is 0 Å². The standard InChI is InChI=1S/C5H11N3O/c1-2-3-4-7-8-5(6)9/h4H,2-3H2,1H3,(H3,6,8,9)/b7-4-. The Balaban J connectivity index is 3.14. The molecule has 0 aromatic heterocycles. The van der Waals surface area contributed by atoms with E-state index in [1.165, 1.54) is 0 Å². The van der Waals surface area contributed by atoms with E-state index >= 15 is 0 Å². The number of urea groups is 1. The van der Waals surface area contributed by atoms with Crippen LogP contribution in [0.2, 0.25) is 0 Å². The van der Waals surface area contributed by atoms with Crippen LogP contribution in [0.1, 0.15) is 19.8 Å². The zero-order valence-corrected chi connectivity index (χ0v) is 5.42. The Kier molecular flexibility index (Phi) is 4.49. The van der Waals surface area contributed by atoms with E-state index in [0.717, 1.165) is 12.8 Å². The van der Waals surface area contributed by atoms with Crippen LogP contribution in [0.15, 0.2) is 5.10 Å². The van der Waals surface area contributed by atoms with Gasteiger partial charge in [-0.05, 0) is 6.42 Å². The fourth-order valence-corrected chi connectivity index (χ4v) is 0.303. The van der Waals surface area contributed by atoms with Crippen molar-refractivity contribution in [1.82, 2.24) is 5.43 Å². The van der Waals surface area contributed by atoms with E-state index in [9.17, 15) is 4.79 Å². The second-order valence-electron chi connectivity index (χ2n) is 1.58. The van der Waals surface area contributed by atoms with Gasteiger partial charge in [0.05, 0.1) is 0 Å². The molecule has 0 saturated heterocycles. The molecule has 0 unspecified atom stereocenters. The first kappa shape index (κ1) is 7.94. The SMILES string of the molecule is CCC/C=N\NC(N)=O. The Hall–Kier alpha value is -1.06. The Morgan fingerprint density at radius 2 is 2.56 bits per heavy atom. The van der Waals surface area contributed by atoms with Gasteiger partial charge < -0.3 is 5.73 Å². The number of carbonyl (C=O) groups is 1. The second kappa shape index (κ2) is 5.08. The van der Waals surface area contributed by atoms with Crippen molar-refractivity contribution in [3.05, 3.63) is 0 Å². The van der Waals surface area contributed by atoms with Gasteiger partial charge in [-0.25, -0.2) is 10.2 Å². The van der Waals surface area contributed by atoms with Crippen molar-refractivity contribution in [2.45, 2.75) is 19.8 Å². The maximum atomic E-state index is 9.96. The van der Waals surface area contributed by atoms with Crippen LogP contribution in [-0.2, 0) is 0 Å². The van der Waals surface area contributed by atoms with Crippen molar-refractivity contribution in [3.63, 3.8) is 0 Å². The number of unbranched alkanes of at least 4 members (excludes halogenated alkanes) is 1. The molecule has 0 aliphatic heterocycles. The van der Waals surface area contributed by atoms with Gasteiger partial charge in [-0.2, -0.15) is 5.10 Å². The summed E-state index contributed by atoms with van der Waals surface area (Å²) in [5.41, 5.74) is 6.80. The molecule has 0 atom stereocenters. The molecule has 0 heterocycles. The van der Waals surface area contributed by atoms with Crippen molar-refractivity contribution < 1.29 is 4.79 Å². The Labute approximate surface area is 54.1 Å². The van der Waals surface area contributed by atoms with Crippen molar-refractivity contribution in [1.29, 1.82) is 0 Å². The van der Waals surface area contributed by atoms with Gasteiger partial charge in [0.2, 0.25) is 0 Å². The molecule has 4 heteroatoms. The average Bonchev–Trinajstić information content (AvgIpc) is 1.80. The monoisotopic (exact) mass is 129 g/mol. The van der Waals surface area contributed by atoms with Gasteiger partial charge in [0, 0.05) is 6.21 Å². The summed E-state index contributed by atoms with van der Waals surface area (Å²) in [5.74, 6) is 0. The summed E-state index contributed by atoms with van der Waals surface area (Å²) in [6.45, 7) is 2.02. The van der Waals surface area contributed by atoms with Gasteiger partial charge in [0.25, 0.3) is 0 Å². The Bertz CT molecular complexity index is 111. The zero-order valence-electron chi connectivity index (χ0n) is 5.42. The van der Waals surface area contributed by atoms with Gasteiger partial charge in [-0.3, -0.25) is 0 Å². The Morgan fingerprint density at radius 1 is 1.89 bits per heavy atom. The van der Waals surface area contributed by atoms with Crippen LogP contribution in [0, 0.1) is 0 Å². The fraction of sp³-hybridized carbons (Fsp3) is 0.600. The van der Waals surface area contributed by atoms with Crippen LogP contribution in [0.5, 0.6) is 0 Å². The smallest absolute Gasteiger partial charge is 0.332 e. The van der Waals surface area contributed by atoms with Crippen molar-refractivity contribution in [3.8, 4) is 0 Å². The number of amides is 2. The number of hydrogen-bond acceptors (Lipinski definition) is 2. The predicted molar refractivity (Wildman–Crippen MR) is 36.1 cm³/mol. The molecule has 0 radical (unpaired) electrons. The van der Waals surface area contributed by atoms with Crippen LogP contribution in [0.4, 0.5) is 4.79 Å². The molecular formula is C5H11N3O. The molecule has 9 heavy (non-hydrogen) atoms. The van der Waals surface area contributed by atoms with Gasteiger partial charge in [-0.1, -0.05) is 13.3 Å². The van der Waals surface area contributed by atoms with Crippen LogP contribution in [-0.4, -0.2) is 12.2 Å². The number of rotatable bonds is 3. The third kappa shape index (κ3) is 6.94. The molecule has 0 saturated carbocycles. The number of nitrogens with one attached hydrogen (secondary N) is 1. The summed E-state index contributed by atoms with van der Waals surface area (Å²) in [7, 11) is 0. The van der Waals surface area contributed by atoms with E-state index < -0.39 is 6.03 Å². The number of carbonyl (C=O) groups excluding carboxylic acids is 1. The van der Waals surface area contributed by atoms with E-state index in [2.05, 4.69) is 10.5 Å². The quantitative estimate of drug-likeness (QED) is 0.421. The maximum Gasteiger partial charge on any atom is 0.332 e. The second-order valence-corrected chi connectivity index (χ2v) is 1.58. The summed E-state index contributed by atoms with van der Waals surface area (Å²) in [6.07, 6.45) is 3.50. The predicted octanol–water partition coefficient (Wildman–Crippen LogP) is 0.441. The van der Waals surface area contributed by atoms with E-state index in [4.69, 9.17) is 5.73 Å². The highest BCUT2D eigenvalue weighted by Crippen LogP contribution is 1.78. The number of primary amides is 1. The molecule has 4 nitrogen and oxygen atoms in total. The van der Waals surface area contributed by atoms with Crippen LogP contribution in [0.3, 0.4) is 0 Å². The van der Waals surface area contributed by atoms with Crippen molar-refractivity contribution >= 4 is 12.2 Å². The van der Waals surface area contributed by atoms with Gasteiger partial charge in [-0.15, -0.1) is 0 Å². The highest BCUT2D eigenvalue weighted by Gasteiger charge is 1.81. The minimum absolute atomic E-state index is 0.623. The zero-order chi connectivity index (χ0) is 7.11. The lowest BCUT2D eigenvalue weighted by Gasteiger charge is -1.88. The van der Waals surface area contributed by atoms with Crippen molar-refractivity contribution in [2.75, 3.05) is 0 Å². The van der Waals surface area contributed by atoms with E-state index in [1.54, 1.807) is 6.21 Å². The van der Waals surface area contributed by atoms with E-state index in [-0.39, 0.29) is 0 Å². The molecule has 0 spiro atoms. The van der Waals surface area contributed by atoms with E-state index in [0.29, 0.717) is 0 Å². The van der Waals surface area contributed by atoms with Crippen LogP contribution >= 0.6 is 0 Å². The molecule has 0 aromatic carbocycles. The average molecular weight is 129 g/mol. The van der Waals surface area contributed by atoms with Crippen molar-refractivity contribution in [2.24, 2.45) is 10.8 Å². The first-order valence-electron chi connectivity index (χ1n) is 2.84. The van der Waals surface area contributed by atoms with Gasteiger partial charge >= 0.3 is 6.03 Å². The molecule has 0 rings (SSSR count). The number of nitrogens with two attached hydrogens (primary N) is 1. The number of hydrogen-bond donors (Lipinski definition) is 2. The summed E-state index contributed by atoms with van der Waals surface area (Å²) < 4.78 is 0. The summed E-state index contributed by atoms with van der Waals surface area (Å²) in [5, 5.41) is 3.51. The lowest BCUT2D eigenvalue weighted by molar-refractivity contribution is 0.249. The van der Waals surface area contributed by atoms with Gasteiger partial charge in [0.1, 0.15) is 0 Å². The topological polar surface area (TPSA) is 67.5 Å². The number of hydrazone groups is 1. The minimum atomic E-state index is -0.623. The molecule has 2 amide bonds. The third-order valence-electron chi connectivity index (χ3n) is 0.684. The largest absolute Gasteiger partial charge is 0.350 e. The minimum Gasteiger partial charge on any atom is -0.350 e. The third-order valence-corrected chi connectivity index (χ3v) is 0.684. The normalized spacial score (nSPS) is 9.89. The van der Waals surface area contributed by atoms with E-state index in [1.807, 2.05) is 6.92 Å². The molecule has 0 bridgehead atoms. The molecule has 3 N–H and O–H groups in total. The molecule has 0 aromatic rings. The van der Waals surface area contributed by atoms with Gasteiger partial charge in [0.15, 0.2) is 0 Å². The molecule has 0 aliphatic rings. The summed E-state index contributed by atoms with van der Waals surface area (Å²) in [4.78, 5) is 9.96. The first-order chi connectivity index (χ1) is 4.27. The number of nitrogens with zero attached hydrogens (tertiary/aromatic N) is 1. The van der Waals surface area contributed by atoms with Crippen LogP contribution < -0.4 is 11.2 Å².